The van der Waals surface area contributed by atoms with Crippen molar-refractivity contribution in [2.75, 3.05) is 7.11 Å². The molecule has 0 spiro atoms. The van der Waals surface area contributed by atoms with Crippen molar-refractivity contribution in [3.63, 3.8) is 0 Å². The van der Waals surface area contributed by atoms with Crippen molar-refractivity contribution in [1.82, 2.24) is 4.72 Å². The van der Waals surface area contributed by atoms with Crippen molar-refractivity contribution in [1.29, 1.82) is 0 Å². The molecule has 2 rings (SSSR count). The Morgan fingerprint density at radius 1 is 1.12 bits per heavy atom. The molecule has 0 aliphatic rings. The summed E-state index contributed by atoms with van der Waals surface area (Å²) in [5.41, 5.74) is 1.37. The molecule has 0 heterocycles. The van der Waals surface area contributed by atoms with E-state index in [1.165, 1.54) is 7.11 Å². The molecular formula is C17H18BrNO4S. The fraction of sp³-hybridized carbons (Fsp3) is 0.235. The number of methoxy groups -OCH3 is 1. The minimum atomic E-state index is -3.62. The molecule has 0 bridgehead atoms. The molecule has 7 heteroatoms. The molecular weight excluding hydrogens is 394 g/mol. The first-order valence-electron chi connectivity index (χ1n) is 7.26. The summed E-state index contributed by atoms with van der Waals surface area (Å²) in [6.07, 6.45) is -0.0772. The van der Waals surface area contributed by atoms with E-state index in [1.54, 1.807) is 48.5 Å². The lowest BCUT2D eigenvalue weighted by atomic mass is 10.1. The van der Waals surface area contributed by atoms with Gasteiger partial charge in [0.15, 0.2) is 0 Å². The van der Waals surface area contributed by atoms with Crippen LogP contribution in [0.5, 0.6) is 0 Å². The molecule has 24 heavy (non-hydrogen) atoms. The van der Waals surface area contributed by atoms with E-state index in [0.717, 1.165) is 4.47 Å². The van der Waals surface area contributed by atoms with E-state index in [-0.39, 0.29) is 12.2 Å². The average molecular weight is 412 g/mol. The third-order valence-corrected chi connectivity index (χ3v) is 5.28. The standard InChI is InChI=1S/C17H18BrNO4S/c1-23-17(20)11-16(14-7-9-15(18)10-8-14)19-24(21,22)12-13-5-3-2-4-6-13/h2-10,16,19H,11-12H2,1H3. The predicted molar refractivity (Wildman–Crippen MR) is 95.7 cm³/mol. The van der Waals surface area contributed by atoms with E-state index in [4.69, 9.17) is 0 Å². The smallest absolute Gasteiger partial charge is 0.307 e. The highest BCUT2D eigenvalue weighted by Crippen LogP contribution is 2.22. The lowest BCUT2D eigenvalue weighted by Crippen LogP contribution is -2.31. The van der Waals surface area contributed by atoms with Gasteiger partial charge in [0.05, 0.1) is 25.3 Å². The lowest BCUT2D eigenvalue weighted by molar-refractivity contribution is -0.141. The quantitative estimate of drug-likeness (QED) is 0.710. The van der Waals surface area contributed by atoms with Gasteiger partial charge in [-0.05, 0) is 23.3 Å². The SMILES string of the molecule is COC(=O)CC(NS(=O)(=O)Cc1ccccc1)c1ccc(Br)cc1. The zero-order valence-corrected chi connectivity index (χ0v) is 15.5. The Morgan fingerprint density at radius 2 is 1.75 bits per heavy atom. The van der Waals surface area contributed by atoms with Crippen molar-refractivity contribution < 1.29 is 17.9 Å². The molecule has 0 aliphatic heterocycles. The Kier molecular flexibility index (Phi) is 6.53. The number of esters is 1. The molecule has 1 unspecified atom stereocenters. The molecule has 128 valence electrons. The molecule has 2 aromatic rings. The third kappa shape index (κ3) is 5.74. The summed E-state index contributed by atoms with van der Waals surface area (Å²) in [7, 11) is -2.34. The third-order valence-electron chi connectivity index (χ3n) is 3.39. The summed E-state index contributed by atoms with van der Waals surface area (Å²) in [4.78, 5) is 11.6. The largest absolute Gasteiger partial charge is 0.469 e. The van der Waals surface area contributed by atoms with Crippen molar-refractivity contribution in [3.8, 4) is 0 Å². The topological polar surface area (TPSA) is 72.5 Å². The second kappa shape index (κ2) is 8.41. The second-order valence-electron chi connectivity index (χ2n) is 5.25. The molecule has 0 radical (unpaired) electrons. The van der Waals surface area contributed by atoms with Gasteiger partial charge in [-0.2, -0.15) is 0 Å². The molecule has 0 saturated carbocycles. The zero-order valence-electron chi connectivity index (χ0n) is 13.1. The fourth-order valence-electron chi connectivity index (χ4n) is 2.22. The van der Waals surface area contributed by atoms with E-state index in [0.29, 0.717) is 11.1 Å². The van der Waals surface area contributed by atoms with Crippen LogP contribution < -0.4 is 4.72 Å². The number of nitrogens with one attached hydrogen (secondary N) is 1. The van der Waals surface area contributed by atoms with Gasteiger partial charge in [-0.25, -0.2) is 13.1 Å². The molecule has 0 amide bonds. The van der Waals surface area contributed by atoms with Crippen molar-refractivity contribution in [2.45, 2.75) is 18.2 Å². The van der Waals surface area contributed by atoms with Gasteiger partial charge >= 0.3 is 5.97 Å². The van der Waals surface area contributed by atoms with Crippen LogP contribution in [0.2, 0.25) is 0 Å². The minimum Gasteiger partial charge on any atom is -0.469 e. The number of hydrogen-bond donors (Lipinski definition) is 1. The van der Waals surface area contributed by atoms with E-state index >= 15 is 0 Å². The molecule has 1 N–H and O–H groups in total. The van der Waals surface area contributed by atoms with Gasteiger partial charge in [0.2, 0.25) is 10.0 Å². The zero-order chi connectivity index (χ0) is 17.6. The number of hydrogen-bond acceptors (Lipinski definition) is 4. The van der Waals surface area contributed by atoms with Crippen molar-refractivity contribution in [2.24, 2.45) is 0 Å². The maximum absolute atomic E-state index is 12.4. The normalized spacial score (nSPS) is 12.6. The first kappa shape index (κ1) is 18.6. The number of halogens is 1. The first-order chi connectivity index (χ1) is 11.4. The van der Waals surface area contributed by atoms with Crippen molar-refractivity contribution >= 4 is 31.9 Å². The van der Waals surface area contributed by atoms with E-state index in [1.807, 2.05) is 6.07 Å². The molecule has 0 fully saturated rings. The summed E-state index contributed by atoms with van der Waals surface area (Å²) >= 11 is 3.33. The van der Waals surface area contributed by atoms with Crippen LogP contribution in [0.15, 0.2) is 59.1 Å². The van der Waals surface area contributed by atoms with Gasteiger partial charge in [0.1, 0.15) is 0 Å². The van der Waals surface area contributed by atoms with E-state index in [9.17, 15) is 13.2 Å². The Bertz CT molecular complexity index is 776. The monoisotopic (exact) mass is 411 g/mol. The summed E-state index contributed by atoms with van der Waals surface area (Å²) in [5.74, 6) is -0.632. The highest BCUT2D eigenvalue weighted by Gasteiger charge is 2.23. The second-order valence-corrected chi connectivity index (χ2v) is 7.92. The Morgan fingerprint density at radius 3 is 2.33 bits per heavy atom. The van der Waals surface area contributed by atoms with Gasteiger partial charge in [0, 0.05) is 4.47 Å². The summed E-state index contributed by atoms with van der Waals surface area (Å²) in [6.45, 7) is 0. The van der Waals surface area contributed by atoms with Gasteiger partial charge in [-0.1, -0.05) is 58.4 Å². The van der Waals surface area contributed by atoms with Crippen LogP contribution in [0.4, 0.5) is 0 Å². The van der Waals surface area contributed by atoms with E-state index < -0.39 is 22.0 Å². The number of rotatable bonds is 7. The summed E-state index contributed by atoms with van der Waals surface area (Å²) in [5, 5.41) is 0. The average Bonchev–Trinajstić information content (AvgIpc) is 2.55. The highest BCUT2D eigenvalue weighted by atomic mass is 79.9. The van der Waals surface area contributed by atoms with Crippen LogP contribution in [-0.2, 0) is 25.3 Å². The predicted octanol–water partition coefficient (Wildman–Crippen LogP) is 3.17. The van der Waals surface area contributed by atoms with Crippen LogP contribution in [0.25, 0.3) is 0 Å². The Hall–Kier alpha value is -1.70. The number of carbonyl (C=O) groups excluding carboxylic acids is 1. The molecule has 0 aliphatic carbocycles. The number of benzene rings is 2. The lowest BCUT2D eigenvalue weighted by Gasteiger charge is -2.18. The summed E-state index contributed by atoms with van der Waals surface area (Å²) < 4.78 is 33.0. The van der Waals surface area contributed by atoms with Gasteiger partial charge in [0.25, 0.3) is 0 Å². The molecule has 1 atom stereocenters. The van der Waals surface area contributed by atoms with Gasteiger partial charge in [-0.15, -0.1) is 0 Å². The molecule has 0 saturated heterocycles. The molecule has 0 aromatic heterocycles. The Labute approximate surface area is 150 Å². The highest BCUT2D eigenvalue weighted by molar-refractivity contribution is 9.10. The van der Waals surface area contributed by atoms with Crippen LogP contribution in [0.1, 0.15) is 23.6 Å². The number of ether oxygens (including phenoxy) is 1. The Balaban J connectivity index is 2.20. The van der Waals surface area contributed by atoms with Crippen LogP contribution in [0, 0.1) is 0 Å². The van der Waals surface area contributed by atoms with Crippen LogP contribution in [0.3, 0.4) is 0 Å². The van der Waals surface area contributed by atoms with Crippen LogP contribution >= 0.6 is 15.9 Å². The van der Waals surface area contributed by atoms with Gasteiger partial charge < -0.3 is 4.74 Å². The molecule has 2 aromatic carbocycles. The first-order valence-corrected chi connectivity index (χ1v) is 9.70. The number of carbonyl (C=O) groups is 1. The fourth-order valence-corrected chi connectivity index (χ4v) is 3.86. The maximum atomic E-state index is 12.4. The number of sulfonamides is 1. The van der Waals surface area contributed by atoms with E-state index in [2.05, 4.69) is 25.4 Å². The van der Waals surface area contributed by atoms with Crippen molar-refractivity contribution in [3.05, 3.63) is 70.2 Å². The maximum Gasteiger partial charge on any atom is 0.307 e. The van der Waals surface area contributed by atoms with Crippen LogP contribution in [-0.4, -0.2) is 21.5 Å². The minimum absolute atomic E-state index is 0.0772. The molecule has 5 nitrogen and oxygen atoms in total. The summed E-state index contributed by atoms with van der Waals surface area (Å²) in [6, 6.07) is 15.3. The van der Waals surface area contributed by atoms with Gasteiger partial charge in [-0.3, -0.25) is 4.79 Å².